The van der Waals surface area contributed by atoms with Gasteiger partial charge in [0.25, 0.3) is 0 Å². The van der Waals surface area contributed by atoms with Gasteiger partial charge in [0.05, 0.1) is 0 Å². The van der Waals surface area contributed by atoms with Crippen LogP contribution in [0.4, 0.5) is 0 Å². The van der Waals surface area contributed by atoms with Crippen LogP contribution < -0.4 is 0 Å². The molecule has 0 amide bonds. The van der Waals surface area contributed by atoms with E-state index in [-0.39, 0.29) is 11.2 Å². The van der Waals surface area contributed by atoms with Gasteiger partial charge in [-0.05, 0) is 36.7 Å². The van der Waals surface area contributed by atoms with Gasteiger partial charge in [-0.1, -0.05) is 31.6 Å². The number of hydrogen-bond acceptors (Lipinski definition) is 1. The van der Waals surface area contributed by atoms with Crippen LogP contribution in [0.25, 0.3) is 0 Å². The molecular weight excluding hydrogens is 196 g/mol. The van der Waals surface area contributed by atoms with Gasteiger partial charge in [0, 0.05) is 6.42 Å². The predicted molar refractivity (Wildman–Crippen MR) is 69.2 cm³/mol. The Morgan fingerprint density at radius 1 is 1.44 bits per heavy atom. The SMILES string of the molecule is C=CCCC1=CC(=O)C[C@H](CC=C)C1(C)C. The van der Waals surface area contributed by atoms with Gasteiger partial charge >= 0.3 is 0 Å². The number of carbonyl (C=O) groups is 1. The molecule has 0 spiro atoms. The molecule has 1 aliphatic carbocycles. The zero-order valence-corrected chi connectivity index (χ0v) is 10.5. The molecule has 88 valence electrons. The van der Waals surface area contributed by atoms with E-state index in [0.29, 0.717) is 12.3 Å². The Bertz CT molecular complexity index is 320. The molecule has 0 radical (unpaired) electrons. The largest absolute Gasteiger partial charge is 0.295 e. The lowest BCUT2D eigenvalue weighted by atomic mass is 9.65. The van der Waals surface area contributed by atoms with E-state index in [0.717, 1.165) is 19.3 Å². The summed E-state index contributed by atoms with van der Waals surface area (Å²) < 4.78 is 0. The lowest BCUT2D eigenvalue weighted by Crippen LogP contribution is -2.32. The Morgan fingerprint density at radius 2 is 2.12 bits per heavy atom. The van der Waals surface area contributed by atoms with Crippen LogP contribution in [0.2, 0.25) is 0 Å². The van der Waals surface area contributed by atoms with E-state index in [1.165, 1.54) is 5.57 Å². The van der Waals surface area contributed by atoms with Crippen molar-refractivity contribution in [3.63, 3.8) is 0 Å². The first kappa shape index (κ1) is 13.0. The summed E-state index contributed by atoms with van der Waals surface area (Å²) in [5.74, 6) is 0.674. The summed E-state index contributed by atoms with van der Waals surface area (Å²) >= 11 is 0. The Hall–Kier alpha value is -1.11. The van der Waals surface area contributed by atoms with Crippen molar-refractivity contribution in [2.75, 3.05) is 0 Å². The second-order valence-corrected chi connectivity index (χ2v) is 5.11. The number of hydrogen-bond donors (Lipinski definition) is 0. The van der Waals surface area contributed by atoms with E-state index in [1.54, 1.807) is 0 Å². The fourth-order valence-electron chi connectivity index (χ4n) is 2.43. The zero-order chi connectivity index (χ0) is 12.2. The second-order valence-electron chi connectivity index (χ2n) is 5.11. The smallest absolute Gasteiger partial charge is 0.155 e. The fourth-order valence-corrected chi connectivity index (χ4v) is 2.43. The first-order valence-corrected chi connectivity index (χ1v) is 5.98. The average molecular weight is 218 g/mol. The van der Waals surface area contributed by atoms with E-state index < -0.39 is 0 Å². The van der Waals surface area contributed by atoms with Crippen LogP contribution in [-0.4, -0.2) is 5.78 Å². The van der Waals surface area contributed by atoms with Crippen molar-refractivity contribution >= 4 is 5.78 Å². The molecule has 0 aromatic carbocycles. The van der Waals surface area contributed by atoms with Crippen LogP contribution >= 0.6 is 0 Å². The highest BCUT2D eigenvalue weighted by molar-refractivity contribution is 5.91. The van der Waals surface area contributed by atoms with Crippen molar-refractivity contribution in [3.8, 4) is 0 Å². The van der Waals surface area contributed by atoms with Gasteiger partial charge in [-0.3, -0.25) is 4.79 Å². The molecule has 1 aliphatic rings. The first-order valence-electron chi connectivity index (χ1n) is 5.98. The van der Waals surface area contributed by atoms with Gasteiger partial charge in [0.1, 0.15) is 0 Å². The maximum atomic E-state index is 11.7. The number of ketones is 1. The highest BCUT2D eigenvalue weighted by atomic mass is 16.1. The van der Waals surface area contributed by atoms with Crippen molar-refractivity contribution in [1.82, 2.24) is 0 Å². The predicted octanol–water partition coefficient (Wildman–Crippen LogP) is 4.07. The van der Waals surface area contributed by atoms with Gasteiger partial charge in [0.2, 0.25) is 0 Å². The minimum absolute atomic E-state index is 0.116. The molecule has 0 heterocycles. The third kappa shape index (κ3) is 2.72. The molecule has 0 unspecified atom stereocenters. The molecule has 0 bridgehead atoms. The molecule has 16 heavy (non-hydrogen) atoms. The maximum absolute atomic E-state index is 11.7. The summed E-state index contributed by atoms with van der Waals surface area (Å²) in [6, 6.07) is 0. The van der Waals surface area contributed by atoms with E-state index in [1.807, 2.05) is 18.2 Å². The number of rotatable bonds is 5. The van der Waals surface area contributed by atoms with E-state index >= 15 is 0 Å². The Kier molecular flexibility index (Phi) is 4.28. The highest BCUT2D eigenvalue weighted by Crippen LogP contribution is 2.44. The van der Waals surface area contributed by atoms with E-state index in [2.05, 4.69) is 27.0 Å². The fraction of sp³-hybridized carbons (Fsp3) is 0.533. The Labute approximate surface area is 98.9 Å². The monoisotopic (exact) mass is 218 g/mol. The standard InChI is InChI=1S/C15H22O/c1-5-7-9-13-11-14(16)10-12(8-6-2)15(13,3)4/h5-6,11-12H,1-2,7-10H2,3-4H3/t12-/m0/s1. The van der Waals surface area contributed by atoms with Crippen molar-refractivity contribution < 1.29 is 4.79 Å². The van der Waals surface area contributed by atoms with Crippen molar-refractivity contribution in [3.05, 3.63) is 37.0 Å². The molecule has 1 atom stereocenters. The van der Waals surface area contributed by atoms with Crippen LogP contribution in [0, 0.1) is 11.3 Å². The van der Waals surface area contributed by atoms with Gasteiger partial charge < -0.3 is 0 Å². The summed E-state index contributed by atoms with van der Waals surface area (Å²) in [6.45, 7) is 12.0. The summed E-state index contributed by atoms with van der Waals surface area (Å²) in [5, 5.41) is 0. The number of allylic oxidation sites excluding steroid dienone is 4. The molecular formula is C15H22O. The van der Waals surface area contributed by atoms with Crippen LogP contribution in [0.1, 0.15) is 39.5 Å². The molecule has 1 nitrogen and oxygen atoms in total. The minimum atomic E-state index is 0.116. The number of carbonyl (C=O) groups excluding carboxylic acids is 1. The molecule has 0 N–H and O–H groups in total. The third-order valence-electron chi connectivity index (χ3n) is 3.70. The third-order valence-corrected chi connectivity index (χ3v) is 3.70. The average Bonchev–Trinajstić information content (AvgIpc) is 2.21. The van der Waals surface area contributed by atoms with Crippen LogP contribution in [-0.2, 0) is 4.79 Å². The molecule has 1 heteroatoms. The van der Waals surface area contributed by atoms with E-state index in [9.17, 15) is 4.79 Å². The van der Waals surface area contributed by atoms with Crippen molar-refractivity contribution in [1.29, 1.82) is 0 Å². The van der Waals surface area contributed by atoms with Crippen LogP contribution in [0.15, 0.2) is 37.0 Å². The summed E-state index contributed by atoms with van der Waals surface area (Å²) in [5.41, 5.74) is 1.39. The second kappa shape index (κ2) is 5.29. The highest BCUT2D eigenvalue weighted by Gasteiger charge is 2.36. The Morgan fingerprint density at radius 3 is 2.69 bits per heavy atom. The van der Waals surface area contributed by atoms with Gasteiger partial charge in [-0.15, -0.1) is 13.2 Å². The molecule has 0 aliphatic heterocycles. The quantitative estimate of drug-likeness (QED) is 0.636. The van der Waals surface area contributed by atoms with E-state index in [4.69, 9.17) is 0 Å². The molecule has 0 aromatic heterocycles. The van der Waals surface area contributed by atoms with Gasteiger partial charge in [-0.25, -0.2) is 0 Å². The van der Waals surface area contributed by atoms with Crippen molar-refractivity contribution in [2.24, 2.45) is 11.3 Å². The minimum Gasteiger partial charge on any atom is -0.295 e. The summed E-state index contributed by atoms with van der Waals surface area (Å²) in [7, 11) is 0. The maximum Gasteiger partial charge on any atom is 0.155 e. The lowest BCUT2D eigenvalue weighted by Gasteiger charge is -2.39. The molecule has 0 aromatic rings. The zero-order valence-electron chi connectivity index (χ0n) is 10.5. The molecule has 1 rings (SSSR count). The summed E-state index contributed by atoms with van der Waals surface area (Å²) in [4.78, 5) is 11.7. The van der Waals surface area contributed by atoms with Crippen LogP contribution in [0.3, 0.4) is 0 Å². The van der Waals surface area contributed by atoms with Gasteiger partial charge in [-0.2, -0.15) is 0 Å². The Balaban J connectivity index is 2.90. The first-order chi connectivity index (χ1) is 7.52. The normalized spacial score (nSPS) is 23.8. The topological polar surface area (TPSA) is 17.1 Å². The molecule has 0 fully saturated rings. The van der Waals surface area contributed by atoms with Crippen molar-refractivity contribution in [2.45, 2.75) is 39.5 Å². The summed E-state index contributed by atoms with van der Waals surface area (Å²) in [6.07, 6.45) is 9.18. The van der Waals surface area contributed by atoms with Crippen LogP contribution in [0.5, 0.6) is 0 Å². The van der Waals surface area contributed by atoms with Gasteiger partial charge in [0.15, 0.2) is 5.78 Å². The molecule has 0 saturated heterocycles. The lowest BCUT2D eigenvalue weighted by molar-refractivity contribution is -0.117. The molecule has 0 saturated carbocycles.